The van der Waals surface area contributed by atoms with E-state index >= 15 is 0 Å². The maximum absolute atomic E-state index is 11.9. The van der Waals surface area contributed by atoms with Gasteiger partial charge in [-0.1, -0.05) is 10.1 Å². The van der Waals surface area contributed by atoms with Crippen molar-refractivity contribution in [1.82, 2.24) is 15.0 Å². The molecule has 0 radical (unpaired) electrons. The zero-order valence-electron chi connectivity index (χ0n) is 18.9. The molecule has 0 unspecified atom stereocenters. The summed E-state index contributed by atoms with van der Waals surface area (Å²) >= 11 is 1.20. The third kappa shape index (κ3) is 7.04. The molecule has 8 N–H and O–H groups in total. The Kier molecular flexibility index (Phi) is 9.03. The van der Waals surface area contributed by atoms with Crippen molar-refractivity contribution in [2.24, 2.45) is 0 Å². The van der Waals surface area contributed by atoms with Crippen LogP contribution in [0.15, 0.2) is 68.3 Å². The second-order valence-electron chi connectivity index (χ2n) is 7.15. The lowest BCUT2D eigenvalue weighted by atomic mass is 10.1. The van der Waals surface area contributed by atoms with E-state index in [1.54, 1.807) is 24.3 Å². The Morgan fingerprint density at radius 3 is 2.33 bits per heavy atom. The zero-order chi connectivity index (χ0) is 28.0. The second-order valence-corrected chi connectivity index (χ2v) is 10.1. The molecule has 0 bridgehead atoms. The highest BCUT2D eigenvalue weighted by molar-refractivity contribution is 7.95. The number of hydrogen-bond donors (Lipinski definition) is 8. The van der Waals surface area contributed by atoms with E-state index in [0.29, 0.717) is 22.6 Å². The van der Waals surface area contributed by atoms with Crippen LogP contribution in [0.4, 0.5) is 23.0 Å². The normalized spacial score (nSPS) is 11.5. The van der Waals surface area contributed by atoms with Gasteiger partial charge in [-0.2, -0.15) is 13.4 Å². The first-order chi connectivity index (χ1) is 18.7. The van der Waals surface area contributed by atoms with E-state index in [2.05, 4.69) is 49.9 Å². The molecular weight excluding hydrogens is 584 g/mol. The summed E-state index contributed by atoms with van der Waals surface area (Å²) < 4.78 is 42.4. The molecule has 206 valence electrons. The van der Waals surface area contributed by atoms with E-state index in [1.165, 1.54) is 6.07 Å². The van der Waals surface area contributed by atoms with Crippen molar-refractivity contribution in [2.45, 2.75) is 14.7 Å². The maximum Gasteiger partial charge on any atom is 0.349 e. The largest absolute Gasteiger partial charge is 0.505 e. The smallest absolute Gasteiger partial charge is 0.349 e. The van der Waals surface area contributed by atoms with E-state index in [4.69, 9.17) is 10.5 Å². The van der Waals surface area contributed by atoms with Crippen molar-refractivity contribution in [3.05, 3.63) is 59.3 Å². The molecule has 0 saturated carbocycles. The molecule has 3 aromatic carbocycles. The number of nitrogens with zero attached hydrogens (tertiary/aromatic N) is 2. The molecule has 17 nitrogen and oxygen atoms in total. The lowest BCUT2D eigenvalue weighted by Gasteiger charge is -2.19. The Morgan fingerprint density at radius 2 is 1.67 bits per heavy atom. The van der Waals surface area contributed by atoms with E-state index < -0.39 is 26.5 Å². The molecule has 1 heterocycles. The number of hydrazine groups is 1. The number of rotatable bonds is 12. The fraction of sp³-hybridized carbons (Fsp3) is 0. The predicted molar refractivity (Wildman–Crippen MR) is 136 cm³/mol. The maximum atomic E-state index is 11.9. The summed E-state index contributed by atoms with van der Waals surface area (Å²) in [5.74, 6) is -0.592. The van der Waals surface area contributed by atoms with Crippen LogP contribution in [0.5, 0.6) is 5.75 Å². The summed E-state index contributed by atoms with van der Waals surface area (Å²) in [6, 6.07) is 9.92. The standard InChI is InChI=1S/C19H16N6O11S3/c26-17-15-9(5-12(39(30,31)32)7-13(15)22-18-20-8-21-19(27)23-18)6-14(38-36-34-29)16(17)25-24-10-1-3-11(4-2-10)37-35-33-28/h1-8,24-26,28-29H,(H,30,31,32)(H2,20,21,22,23,27). The van der Waals surface area contributed by atoms with Gasteiger partial charge in [0.15, 0.2) is 5.75 Å². The fourth-order valence-electron chi connectivity index (χ4n) is 3.24. The Labute approximate surface area is 226 Å². The third-order valence-corrected chi connectivity index (χ3v) is 6.84. The number of fused-ring (bicyclic) bond motifs is 1. The van der Waals surface area contributed by atoms with Gasteiger partial charge in [-0.25, -0.2) is 20.3 Å². The predicted octanol–water partition coefficient (Wildman–Crippen LogP) is 3.31. The van der Waals surface area contributed by atoms with Crippen LogP contribution in [-0.4, -0.2) is 43.5 Å². The van der Waals surface area contributed by atoms with E-state index in [9.17, 15) is 22.9 Å². The minimum atomic E-state index is -4.72. The second kappa shape index (κ2) is 12.4. The van der Waals surface area contributed by atoms with Gasteiger partial charge in [0.05, 0.1) is 45.3 Å². The van der Waals surface area contributed by atoms with E-state index in [-0.39, 0.29) is 33.0 Å². The van der Waals surface area contributed by atoms with Gasteiger partial charge in [0.1, 0.15) is 12.0 Å². The first kappa shape index (κ1) is 28.3. The van der Waals surface area contributed by atoms with Crippen molar-refractivity contribution >= 4 is 68.0 Å². The molecule has 0 aliphatic rings. The van der Waals surface area contributed by atoms with Gasteiger partial charge in [0, 0.05) is 10.3 Å². The van der Waals surface area contributed by atoms with Crippen LogP contribution in [-0.2, 0) is 28.9 Å². The topological polar surface area (TPSA) is 247 Å². The van der Waals surface area contributed by atoms with Crippen molar-refractivity contribution in [2.75, 3.05) is 16.2 Å². The van der Waals surface area contributed by atoms with Crippen LogP contribution in [0.2, 0.25) is 0 Å². The minimum Gasteiger partial charge on any atom is -0.505 e. The number of phenols is 1. The molecule has 4 rings (SSSR count). The number of anilines is 4. The SMILES string of the molecule is O=c1ncnc(Nc2cc(S(=O)(=O)O)cc3cc(SOOO)c(NNc4ccc(SOOO)cc4)c(O)c23)[nH]1. The molecule has 0 aliphatic heterocycles. The number of hydrogen-bond acceptors (Lipinski definition) is 17. The van der Waals surface area contributed by atoms with Crippen LogP contribution in [0.25, 0.3) is 10.8 Å². The number of H-pyrrole nitrogens is 1. The molecule has 1 aromatic heterocycles. The van der Waals surface area contributed by atoms with Gasteiger partial charge in [-0.3, -0.25) is 15.0 Å². The van der Waals surface area contributed by atoms with Crippen molar-refractivity contribution in [1.29, 1.82) is 0 Å². The average Bonchev–Trinajstić information content (AvgIpc) is 2.90. The van der Waals surface area contributed by atoms with Gasteiger partial charge in [-0.05, 0) is 47.9 Å². The average molecular weight is 601 g/mol. The lowest BCUT2D eigenvalue weighted by molar-refractivity contribution is -0.432. The van der Waals surface area contributed by atoms with Crippen molar-refractivity contribution in [3.63, 3.8) is 0 Å². The molecule has 39 heavy (non-hydrogen) atoms. The first-order valence-electron chi connectivity index (χ1n) is 10.1. The van der Waals surface area contributed by atoms with Crippen LogP contribution in [0.3, 0.4) is 0 Å². The van der Waals surface area contributed by atoms with Crippen LogP contribution in [0, 0.1) is 0 Å². The van der Waals surface area contributed by atoms with E-state index in [1.807, 2.05) is 0 Å². The fourth-order valence-corrected chi connectivity index (χ4v) is 4.64. The summed E-state index contributed by atoms with van der Waals surface area (Å²) in [4.78, 5) is 21.3. The molecule has 0 aliphatic carbocycles. The summed E-state index contributed by atoms with van der Waals surface area (Å²) in [6.07, 6.45) is 0.959. The minimum absolute atomic E-state index is 0.0150. The van der Waals surface area contributed by atoms with Gasteiger partial charge in [0.25, 0.3) is 10.1 Å². The van der Waals surface area contributed by atoms with Gasteiger partial charge in [0.2, 0.25) is 5.95 Å². The third-order valence-electron chi connectivity index (χ3n) is 4.79. The van der Waals surface area contributed by atoms with Gasteiger partial charge < -0.3 is 15.8 Å². The molecule has 0 saturated heterocycles. The summed E-state index contributed by atoms with van der Waals surface area (Å²) in [5.41, 5.74) is 5.29. The monoisotopic (exact) mass is 600 g/mol. The Balaban J connectivity index is 1.79. The quantitative estimate of drug-likeness (QED) is 0.0382. The first-order valence-corrected chi connectivity index (χ1v) is 13.0. The molecule has 20 heteroatoms. The zero-order valence-corrected chi connectivity index (χ0v) is 21.3. The number of nitrogens with one attached hydrogen (secondary N) is 4. The van der Waals surface area contributed by atoms with Crippen molar-refractivity contribution < 1.29 is 47.3 Å². The summed E-state index contributed by atoms with van der Waals surface area (Å²) in [5, 5.41) is 38.2. The number of benzene rings is 3. The molecule has 0 spiro atoms. The number of aromatic amines is 1. The lowest BCUT2D eigenvalue weighted by Crippen LogP contribution is -2.13. The molecule has 0 fully saturated rings. The highest BCUT2D eigenvalue weighted by atomic mass is 32.2. The van der Waals surface area contributed by atoms with Crippen molar-refractivity contribution in [3.8, 4) is 5.75 Å². The van der Waals surface area contributed by atoms with E-state index in [0.717, 1.165) is 30.5 Å². The molecular formula is C19H16N6O11S3. The van der Waals surface area contributed by atoms with Crippen LogP contribution < -0.4 is 21.9 Å². The number of aromatic nitrogens is 3. The van der Waals surface area contributed by atoms with Gasteiger partial charge >= 0.3 is 5.69 Å². The number of phenolic OH excluding ortho intramolecular Hbond substituents is 1. The number of aromatic hydroxyl groups is 1. The molecule has 4 aromatic rings. The Morgan fingerprint density at radius 1 is 0.949 bits per heavy atom. The summed E-state index contributed by atoms with van der Waals surface area (Å²) in [7, 11) is -4.72. The Hall–Kier alpha value is -3.70. The highest BCUT2D eigenvalue weighted by Gasteiger charge is 2.22. The van der Waals surface area contributed by atoms with Gasteiger partial charge in [-0.15, -0.1) is 8.67 Å². The molecule has 0 atom stereocenters. The van der Waals surface area contributed by atoms with Crippen LogP contribution >= 0.6 is 24.1 Å². The van der Waals surface area contributed by atoms with Crippen LogP contribution in [0.1, 0.15) is 0 Å². The molecule has 0 amide bonds. The summed E-state index contributed by atoms with van der Waals surface area (Å²) in [6.45, 7) is 0. The highest BCUT2D eigenvalue weighted by Crippen LogP contribution is 2.45. The Bertz CT molecular complexity index is 1640.